The zero-order chi connectivity index (χ0) is 5.84. The van der Waals surface area contributed by atoms with Crippen LogP contribution < -0.4 is 0 Å². The molecular weight excluding hydrogens is 112 g/mol. The number of nitrogens with one attached hydrogen (secondary N) is 1. The Balaban J connectivity index is 2.91. The molecule has 0 amide bonds. The molecule has 0 radical (unpaired) electrons. The van der Waals surface area contributed by atoms with Gasteiger partial charge in [0, 0.05) is 10.8 Å². The summed E-state index contributed by atoms with van der Waals surface area (Å²) in [5.41, 5.74) is 2.36. The van der Waals surface area contributed by atoms with Gasteiger partial charge in [-0.1, -0.05) is 18.2 Å². The van der Waals surface area contributed by atoms with Crippen LogP contribution in [0.1, 0.15) is 0 Å². The van der Waals surface area contributed by atoms with Crippen molar-refractivity contribution in [1.29, 1.82) is 0 Å². The van der Waals surface area contributed by atoms with Crippen molar-refractivity contribution in [2.75, 3.05) is 0 Å². The molecule has 0 unspecified atom stereocenters. The Bertz CT molecular complexity index is 358. The van der Waals surface area contributed by atoms with Gasteiger partial charge >= 0.3 is 0 Å². The molecule has 3 aromatic carbocycles. The first-order chi connectivity index (χ1) is 4.47. The number of nitrogens with zero attached hydrogens (tertiary/aromatic N) is 1. The van der Waals surface area contributed by atoms with E-state index in [0.717, 1.165) is 5.52 Å². The molecule has 2 nitrogen and oxygen atoms in total. The van der Waals surface area contributed by atoms with Gasteiger partial charge in [-0.2, -0.15) is 5.10 Å². The van der Waals surface area contributed by atoms with Crippen molar-refractivity contribution in [3.63, 3.8) is 0 Å². The number of hydrogen-bond donors (Lipinski definition) is 1. The van der Waals surface area contributed by atoms with Crippen molar-refractivity contribution in [2.45, 2.75) is 0 Å². The summed E-state index contributed by atoms with van der Waals surface area (Å²) in [5.74, 6) is 0. The zero-order valence-electron chi connectivity index (χ0n) is 4.68. The van der Waals surface area contributed by atoms with Crippen LogP contribution in [0, 0.1) is 0 Å². The van der Waals surface area contributed by atoms with Gasteiger partial charge < -0.3 is 0 Å². The van der Waals surface area contributed by atoms with Crippen molar-refractivity contribution in [3.05, 3.63) is 18.2 Å². The van der Waals surface area contributed by atoms with E-state index in [-0.39, 0.29) is 0 Å². The van der Waals surface area contributed by atoms with Gasteiger partial charge in [0.25, 0.3) is 0 Å². The minimum absolute atomic E-state index is 1.15. The van der Waals surface area contributed by atoms with Crippen LogP contribution >= 0.6 is 0 Å². The van der Waals surface area contributed by atoms with Gasteiger partial charge in [-0.05, 0) is 0 Å². The van der Waals surface area contributed by atoms with Crippen molar-refractivity contribution < 1.29 is 0 Å². The van der Waals surface area contributed by atoms with Gasteiger partial charge in [0.1, 0.15) is 5.52 Å². The monoisotopic (exact) mass is 116 g/mol. The van der Waals surface area contributed by atoms with E-state index in [4.69, 9.17) is 0 Å². The number of H-pyrrole nitrogens is 1. The number of rotatable bonds is 0. The van der Waals surface area contributed by atoms with Gasteiger partial charge in [0.15, 0.2) is 0 Å². The number of hydrogen-bond acceptors (Lipinski definition) is 1. The van der Waals surface area contributed by atoms with E-state index in [1.807, 2.05) is 0 Å². The topological polar surface area (TPSA) is 28.7 Å². The quantitative estimate of drug-likeness (QED) is 0.474. The summed E-state index contributed by atoms with van der Waals surface area (Å²) in [6, 6.07) is 6.22. The van der Waals surface area contributed by atoms with Crippen LogP contribution in [0.15, 0.2) is 18.2 Å². The molecule has 1 N–H and O–H groups in total. The van der Waals surface area contributed by atoms with Crippen LogP contribution in [0.4, 0.5) is 0 Å². The van der Waals surface area contributed by atoms with E-state index < -0.39 is 0 Å². The predicted molar refractivity (Wildman–Crippen MR) is 36.0 cm³/mol. The van der Waals surface area contributed by atoms with Gasteiger partial charge in [-0.15, -0.1) is 0 Å². The molecule has 4 bridgehead atoms. The van der Waals surface area contributed by atoms with Crippen molar-refractivity contribution in [1.82, 2.24) is 10.2 Å². The van der Waals surface area contributed by atoms with Crippen LogP contribution in [0.25, 0.3) is 21.8 Å². The highest BCUT2D eigenvalue weighted by molar-refractivity contribution is 6.23. The minimum atomic E-state index is 1.15. The molecule has 0 aliphatic rings. The third-order valence-corrected chi connectivity index (χ3v) is 1.85. The summed E-state index contributed by atoms with van der Waals surface area (Å²) < 4.78 is 0. The first-order valence-corrected chi connectivity index (χ1v) is 2.94. The lowest BCUT2D eigenvalue weighted by atomic mass is 10.0. The van der Waals surface area contributed by atoms with Gasteiger partial charge in [0.2, 0.25) is 0 Å². The molecule has 0 atom stereocenters. The summed E-state index contributed by atoms with van der Waals surface area (Å²) >= 11 is 0. The second-order valence-electron chi connectivity index (χ2n) is 2.30. The van der Waals surface area contributed by atoms with Crippen molar-refractivity contribution >= 4 is 21.8 Å². The van der Waals surface area contributed by atoms with Crippen molar-refractivity contribution in [2.24, 2.45) is 0 Å². The first kappa shape index (κ1) is 3.67. The van der Waals surface area contributed by atoms with Gasteiger partial charge in [0.05, 0.1) is 5.52 Å². The predicted octanol–water partition coefficient (Wildman–Crippen LogP) is 1.59. The Morgan fingerprint density at radius 1 is 1.22 bits per heavy atom. The molecule has 2 heteroatoms. The van der Waals surface area contributed by atoms with E-state index in [2.05, 4.69) is 28.4 Å². The average molecular weight is 116 g/mol. The Morgan fingerprint density at radius 2 is 2.00 bits per heavy atom. The maximum atomic E-state index is 4.07. The molecule has 0 saturated carbocycles. The molecule has 2 aromatic heterocycles. The molecule has 5 aromatic rings. The maximum Gasteiger partial charge on any atom is 0.102 e. The van der Waals surface area contributed by atoms with E-state index in [1.54, 1.807) is 0 Å². The van der Waals surface area contributed by atoms with Crippen LogP contribution in [0.2, 0.25) is 0 Å². The lowest BCUT2D eigenvalue weighted by Gasteiger charge is -1.98. The SMILES string of the molecule is c1cc2c3n[nH]c2c3c1. The second-order valence-corrected chi connectivity index (χ2v) is 2.30. The third-order valence-electron chi connectivity index (χ3n) is 1.85. The maximum absolute atomic E-state index is 4.07. The number of para-hydroxylation sites is 1. The lowest BCUT2D eigenvalue weighted by Crippen LogP contribution is -1.76. The summed E-state index contributed by atoms with van der Waals surface area (Å²) in [4.78, 5) is 0. The van der Waals surface area contributed by atoms with E-state index in [1.165, 1.54) is 16.3 Å². The van der Waals surface area contributed by atoms with Crippen molar-refractivity contribution in [3.8, 4) is 0 Å². The van der Waals surface area contributed by atoms with Crippen LogP contribution in [0.5, 0.6) is 0 Å². The number of fused-ring (bicyclic) bond motifs is 3. The average Bonchev–Trinajstić information content (AvgIpc) is 2.48. The molecule has 2 heterocycles. The fraction of sp³-hybridized carbons (Fsp3) is 0. The highest BCUT2D eigenvalue weighted by Gasteiger charge is 2.13. The smallest absolute Gasteiger partial charge is 0.102 e. The van der Waals surface area contributed by atoms with E-state index in [0.29, 0.717) is 0 Å². The molecule has 9 heavy (non-hydrogen) atoms. The largest absolute Gasteiger partial charge is 0.277 e. The van der Waals surface area contributed by atoms with Crippen LogP contribution in [-0.2, 0) is 0 Å². The van der Waals surface area contributed by atoms with E-state index in [9.17, 15) is 0 Å². The first-order valence-electron chi connectivity index (χ1n) is 2.94. The molecule has 0 spiro atoms. The molecule has 42 valence electrons. The second kappa shape index (κ2) is 0.880. The third kappa shape index (κ3) is 0.223. The van der Waals surface area contributed by atoms with Crippen LogP contribution in [-0.4, -0.2) is 10.2 Å². The molecule has 0 saturated heterocycles. The number of aromatic nitrogens is 2. The molecule has 5 rings (SSSR count). The van der Waals surface area contributed by atoms with E-state index >= 15 is 0 Å². The van der Waals surface area contributed by atoms with Crippen LogP contribution in [0.3, 0.4) is 0 Å². The molecule has 0 aliphatic heterocycles. The fourth-order valence-electron chi connectivity index (χ4n) is 1.38. The highest BCUT2D eigenvalue weighted by Crippen LogP contribution is 2.33. The summed E-state index contributed by atoms with van der Waals surface area (Å²) in [6.07, 6.45) is 0. The molecule has 0 aliphatic carbocycles. The molecular formula is C7H4N2. The van der Waals surface area contributed by atoms with Gasteiger partial charge in [-0.3, -0.25) is 5.10 Å². The van der Waals surface area contributed by atoms with Gasteiger partial charge in [-0.25, -0.2) is 0 Å². The minimum Gasteiger partial charge on any atom is -0.277 e. The lowest BCUT2D eigenvalue weighted by molar-refractivity contribution is 1.18. The summed E-state index contributed by atoms with van der Waals surface area (Å²) in [5, 5.41) is 9.58. The summed E-state index contributed by atoms with van der Waals surface area (Å²) in [6.45, 7) is 0. The Kier molecular flexibility index (Phi) is 0.358. The normalized spacial score (nSPS) is 12.4. The number of benzene rings is 2. The standard InChI is InChI=1S/C7H4N2/c1-2-4-6-5(3-1)7(4)9-8-6/h1-3H,(H,8,9). The summed E-state index contributed by atoms with van der Waals surface area (Å²) in [7, 11) is 0. The Morgan fingerprint density at radius 3 is 2.44 bits per heavy atom. The zero-order valence-corrected chi connectivity index (χ0v) is 4.68. The molecule has 0 fully saturated rings. The highest BCUT2D eigenvalue weighted by atomic mass is 15.1. The fourth-order valence-corrected chi connectivity index (χ4v) is 1.38. The Labute approximate surface area is 51.2 Å². The Hall–Kier alpha value is -1.31. The number of aromatic amines is 1.